The van der Waals surface area contributed by atoms with Gasteiger partial charge in [0.05, 0.1) is 23.3 Å². The summed E-state index contributed by atoms with van der Waals surface area (Å²) < 4.78 is 2.04. The number of benzene rings is 1. The lowest BCUT2D eigenvalue weighted by Gasteiger charge is -2.11. The molecule has 0 amide bonds. The molecule has 0 atom stereocenters. The van der Waals surface area contributed by atoms with Crippen LogP contribution in [0.15, 0.2) is 58.9 Å². The highest BCUT2D eigenvalue weighted by Gasteiger charge is 2.18. The first-order valence-corrected chi connectivity index (χ1v) is 8.30. The van der Waals surface area contributed by atoms with Gasteiger partial charge < -0.3 is 0 Å². The van der Waals surface area contributed by atoms with Gasteiger partial charge in [-0.3, -0.25) is 4.99 Å². The monoisotopic (exact) mass is 303 g/mol. The minimum Gasteiger partial charge on any atom is -0.252 e. The van der Waals surface area contributed by atoms with E-state index in [4.69, 9.17) is 4.99 Å². The number of hydrogen-bond donors (Lipinski definition) is 0. The molecule has 0 bridgehead atoms. The first-order valence-electron chi connectivity index (χ1n) is 8.30. The molecule has 1 aromatic carbocycles. The molecule has 1 aliphatic heterocycles. The number of hydrogen-bond acceptors (Lipinski definition) is 2. The zero-order valence-electron chi connectivity index (χ0n) is 13.7. The standard InChI is InChI=1S/C20H21N3/c1-14-7-3-4-8-15(2)20(14)23-13-17(12-21-23)19-11-16-9-5-6-10-18(16)22-19/h5-7,9-10,12-13H,3-4,8,11H2,1-2H3. The molecular formula is C20H21N3. The minimum absolute atomic E-state index is 0.898. The lowest BCUT2D eigenvalue weighted by atomic mass is 10.1. The number of aromatic nitrogens is 2. The van der Waals surface area contributed by atoms with Gasteiger partial charge in [-0.1, -0.05) is 24.3 Å². The maximum absolute atomic E-state index is 4.77. The van der Waals surface area contributed by atoms with Gasteiger partial charge in [0, 0.05) is 18.2 Å². The van der Waals surface area contributed by atoms with Gasteiger partial charge >= 0.3 is 0 Å². The highest BCUT2D eigenvalue weighted by molar-refractivity contribution is 6.06. The average molecular weight is 303 g/mol. The summed E-state index contributed by atoms with van der Waals surface area (Å²) in [6.45, 7) is 4.41. The molecule has 0 saturated carbocycles. The van der Waals surface area contributed by atoms with Crippen LogP contribution < -0.4 is 0 Å². The predicted molar refractivity (Wildman–Crippen MR) is 95.1 cm³/mol. The molecule has 0 unspecified atom stereocenters. The highest BCUT2D eigenvalue weighted by Crippen LogP contribution is 2.30. The Hall–Kier alpha value is -2.42. The van der Waals surface area contributed by atoms with Crippen LogP contribution in [0.3, 0.4) is 0 Å². The van der Waals surface area contributed by atoms with Crippen molar-refractivity contribution in [3.63, 3.8) is 0 Å². The van der Waals surface area contributed by atoms with E-state index < -0.39 is 0 Å². The lowest BCUT2D eigenvalue weighted by Crippen LogP contribution is -2.02. The average Bonchev–Trinajstić information content (AvgIpc) is 3.14. The van der Waals surface area contributed by atoms with E-state index in [0.29, 0.717) is 0 Å². The van der Waals surface area contributed by atoms with Gasteiger partial charge in [0.2, 0.25) is 0 Å². The summed E-state index contributed by atoms with van der Waals surface area (Å²) in [6, 6.07) is 8.36. The Morgan fingerprint density at radius 3 is 2.87 bits per heavy atom. The van der Waals surface area contributed by atoms with Crippen molar-refractivity contribution >= 4 is 17.1 Å². The molecule has 1 aliphatic carbocycles. The van der Waals surface area contributed by atoms with E-state index in [9.17, 15) is 0 Å². The SMILES string of the molecule is CC1=CCCCC(C)=C1n1cc(C2=Nc3ccccc3C2)cn1. The summed E-state index contributed by atoms with van der Waals surface area (Å²) in [5.74, 6) is 0. The third-order valence-corrected chi connectivity index (χ3v) is 4.73. The molecule has 0 saturated heterocycles. The topological polar surface area (TPSA) is 30.2 Å². The van der Waals surface area contributed by atoms with Crippen molar-refractivity contribution < 1.29 is 0 Å². The molecule has 0 N–H and O–H groups in total. The summed E-state index contributed by atoms with van der Waals surface area (Å²) in [4.78, 5) is 4.77. The van der Waals surface area contributed by atoms with Crippen molar-refractivity contribution in [3.8, 4) is 0 Å². The maximum atomic E-state index is 4.77. The third kappa shape index (κ3) is 2.56. The Bertz CT molecular complexity index is 849. The van der Waals surface area contributed by atoms with Gasteiger partial charge in [-0.25, -0.2) is 4.68 Å². The summed E-state index contributed by atoms with van der Waals surface area (Å²) in [6.07, 6.45) is 10.8. The second-order valence-electron chi connectivity index (χ2n) is 6.45. The number of allylic oxidation sites excluding steroid dienone is 4. The van der Waals surface area contributed by atoms with Gasteiger partial charge in [0.15, 0.2) is 0 Å². The van der Waals surface area contributed by atoms with Crippen LogP contribution in [0.4, 0.5) is 5.69 Å². The van der Waals surface area contributed by atoms with Crippen LogP contribution in [0, 0.1) is 0 Å². The lowest BCUT2D eigenvalue weighted by molar-refractivity contribution is 0.829. The van der Waals surface area contributed by atoms with E-state index in [-0.39, 0.29) is 0 Å². The molecular weight excluding hydrogens is 282 g/mol. The number of nitrogens with zero attached hydrogens (tertiary/aromatic N) is 3. The fraction of sp³-hybridized carbons (Fsp3) is 0.300. The van der Waals surface area contributed by atoms with Crippen LogP contribution >= 0.6 is 0 Å². The van der Waals surface area contributed by atoms with Crippen LogP contribution in [0.2, 0.25) is 0 Å². The van der Waals surface area contributed by atoms with Crippen LogP contribution in [-0.4, -0.2) is 15.5 Å². The Morgan fingerprint density at radius 2 is 2.00 bits per heavy atom. The van der Waals surface area contributed by atoms with Gasteiger partial charge in [0.25, 0.3) is 0 Å². The predicted octanol–water partition coefficient (Wildman–Crippen LogP) is 4.92. The Morgan fingerprint density at radius 1 is 1.13 bits per heavy atom. The largest absolute Gasteiger partial charge is 0.252 e. The molecule has 0 spiro atoms. The summed E-state index contributed by atoms with van der Waals surface area (Å²) in [7, 11) is 0. The van der Waals surface area contributed by atoms with E-state index in [1.54, 1.807) is 0 Å². The van der Waals surface area contributed by atoms with Gasteiger partial charge in [0.1, 0.15) is 0 Å². The van der Waals surface area contributed by atoms with Gasteiger partial charge in [-0.05, 0) is 55.9 Å². The fourth-order valence-corrected chi connectivity index (χ4v) is 3.51. The molecule has 4 rings (SSSR count). The summed E-state index contributed by atoms with van der Waals surface area (Å²) in [5.41, 5.74) is 8.63. The smallest absolute Gasteiger partial charge is 0.0669 e. The zero-order chi connectivity index (χ0) is 15.8. The number of para-hydroxylation sites is 1. The van der Waals surface area contributed by atoms with E-state index in [1.165, 1.54) is 28.8 Å². The molecule has 0 radical (unpaired) electrons. The van der Waals surface area contributed by atoms with Crippen molar-refractivity contribution in [2.45, 2.75) is 39.5 Å². The molecule has 116 valence electrons. The Kier molecular flexibility index (Phi) is 3.49. The molecule has 2 aliphatic rings. The maximum Gasteiger partial charge on any atom is 0.0669 e. The molecule has 1 aromatic heterocycles. The third-order valence-electron chi connectivity index (χ3n) is 4.73. The fourth-order valence-electron chi connectivity index (χ4n) is 3.51. The van der Waals surface area contributed by atoms with E-state index in [0.717, 1.165) is 36.2 Å². The Labute approximate surface area is 137 Å². The molecule has 2 heterocycles. The second kappa shape index (κ2) is 5.65. The van der Waals surface area contributed by atoms with E-state index >= 15 is 0 Å². The van der Waals surface area contributed by atoms with Crippen molar-refractivity contribution in [2.24, 2.45) is 4.99 Å². The zero-order valence-corrected chi connectivity index (χ0v) is 13.7. The van der Waals surface area contributed by atoms with Crippen LogP contribution in [-0.2, 0) is 6.42 Å². The van der Waals surface area contributed by atoms with Crippen LogP contribution in [0.1, 0.15) is 44.2 Å². The van der Waals surface area contributed by atoms with Crippen LogP contribution in [0.25, 0.3) is 5.70 Å². The highest BCUT2D eigenvalue weighted by atomic mass is 15.3. The second-order valence-corrected chi connectivity index (χ2v) is 6.45. The van der Waals surface area contributed by atoms with E-state index in [1.807, 2.05) is 16.9 Å². The first-order chi connectivity index (χ1) is 11.2. The molecule has 3 nitrogen and oxygen atoms in total. The van der Waals surface area contributed by atoms with Gasteiger partial charge in [-0.15, -0.1) is 0 Å². The molecule has 2 aromatic rings. The van der Waals surface area contributed by atoms with Crippen molar-refractivity contribution in [3.05, 3.63) is 65.0 Å². The minimum atomic E-state index is 0.898. The summed E-state index contributed by atoms with van der Waals surface area (Å²) >= 11 is 0. The number of rotatable bonds is 2. The number of fused-ring (bicyclic) bond motifs is 1. The normalized spacial score (nSPS) is 17.7. The molecule has 0 fully saturated rings. The molecule has 3 heteroatoms. The van der Waals surface area contributed by atoms with Gasteiger partial charge in [-0.2, -0.15) is 5.10 Å². The van der Waals surface area contributed by atoms with Crippen molar-refractivity contribution in [1.82, 2.24) is 9.78 Å². The number of aliphatic imine (C=N–C) groups is 1. The van der Waals surface area contributed by atoms with E-state index in [2.05, 4.69) is 49.4 Å². The molecule has 23 heavy (non-hydrogen) atoms. The van der Waals surface area contributed by atoms with Crippen LogP contribution in [0.5, 0.6) is 0 Å². The van der Waals surface area contributed by atoms with Crippen molar-refractivity contribution in [1.29, 1.82) is 0 Å². The van der Waals surface area contributed by atoms with Crippen molar-refractivity contribution in [2.75, 3.05) is 0 Å². The Balaban J connectivity index is 1.68. The quantitative estimate of drug-likeness (QED) is 0.774. The first kappa shape index (κ1) is 14.2. The summed E-state index contributed by atoms with van der Waals surface area (Å²) in [5, 5.41) is 4.63.